The van der Waals surface area contributed by atoms with Gasteiger partial charge in [-0.1, -0.05) is 69.3 Å². The van der Waals surface area contributed by atoms with Gasteiger partial charge in [-0.2, -0.15) is 0 Å². The molecule has 22 nitrogen and oxygen atoms in total. The molecule has 0 aromatic heterocycles. The Balaban J connectivity index is 0.888. The lowest BCUT2D eigenvalue weighted by molar-refractivity contribution is -0.133. The van der Waals surface area contributed by atoms with Crippen LogP contribution in [0.4, 0.5) is 16.2 Å². The minimum Gasteiger partial charge on any atom is -0.493 e. The first kappa shape index (κ1) is 69.5. The van der Waals surface area contributed by atoms with Crippen LogP contribution in [0.25, 0.3) is 0 Å². The van der Waals surface area contributed by atoms with Crippen LogP contribution in [-0.4, -0.2) is 167 Å². The van der Waals surface area contributed by atoms with Gasteiger partial charge in [0.15, 0.2) is 35.0 Å². The van der Waals surface area contributed by atoms with E-state index in [9.17, 15) is 38.7 Å². The largest absolute Gasteiger partial charge is 0.493 e. The average Bonchev–Trinajstić information content (AvgIpc) is 1.62. The molecule has 4 aliphatic rings. The number of nitrogens with zero attached hydrogens (tertiary/aromatic N) is 4. The number of ketones is 3. The maximum atomic E-state index is 14.4. The van der Waals surface area contributed by atoms with Crippen LogP contribution in [0.5, 0.6) is 23.0 Å². The summed E-state index contributed by atoms with van der Waals surface area (Å²) >= 11 is 0. The van der Waals surface area contributed by atoms with Gasteiger partial charge in [0, 0.05) is 81.8 Å². The summed E-state index contributed by atoms with van der Waals surface area (Å²) in [5.41, 5.74) is 3.96. The van der Waals surface area contributed by atoms with Crippen LogP contribution in [0.1, 0.15) is 125 Å². The normalized spacial score (nSPS) is 17.5. The number of hydrogen-bond acceptors (Lipinski definition) is 18. The van der Waals surface area contributed by atoms with Crippen molar-refractivity contribution >= 4 is 58.8 Å². The first-order valence-corrected chi connectivity index (χ1v) is 30.9. The van der Waals surface area contributed by atoms with Crippen molar-refractivity contribution in [1.82, 2.24) is 15.1 Å². The van der Waals surface area contributed by atoms with Gasteiger partial charge in [-0.25, -0.2) is 9.69 Å². The Labute approximate surface area is 527 Å². The third kappa shape index (κ3) is 19.0. The maximum absolute atomic E-state index is 14.4. The SMILES string of the molecule is C/C=C/C1=CN2C(=O)c3cc(OC)c(OCCCOc4cc5c(cc4OC)C(=O)N4C=C(/C=C/C)C[C@H]4[C@H](O)N5C(=O)OCc4ccc(CC(=O)[C@H](C)NC(=O)[C@@H](CC(=O)CCOCCOCCOCCOCCCC(=O)CC)C(C)C)cc4)cc3N=C[C@@H]2C1. The molecule has 0 bridgehead atoms. The number of aliphatic imine (C=N–C) groups is 1. The lowest BCUT2D eigenvalue weighted by Gasteiger charge is -2.31. The highest BCUT2D eigenvalue weighted by Crippen LogP contribution is 2.43. The number of methoxy groups -OCH3 is 2. The molecule has 3 aromatic carbocycles. The Bertz CT molecular complexity index is 3150. The molecule has 7 rings (SSSR count). The molecule has 4 aliphatic heterocycles. The zero-order valence-electron chi connectivity index (χ0n) is 53.0. The number of fused-ring (bicyclic) bond motifs is 4. The van der Waals surface area contributed by atoms with Gasteiger partial charge >= 0.3 is 6.09 Å². The molecule has 2 N–H and O–H groups in total. The fourth-order valence-corrected chi connectivity index (χ4v) is 10.7. The number of anilines is 1. The zero-order chi connectivity index (χ0) is 64.7. The third-order valence-corrected chi connectivity index (χ3v) is 15.7. The summed E-state index contributed by atoms with van der Waals surface area (Å²) in [5, 5.41) is 14.9. The molecule has 0 aliphatic carbocycles. The molecule has 22 heteroatoms. The Morgan fingerprint density at radius 3 is 1.88 bits per heavy atom. The Morgan fingerprint density at radius 1 is 0.678 bits per heavy atom. The molecule has 486 valence electrons. The van der Waals surface area contributed by atoms with Crippen molar-refractivity contribution in [3.8, 4) is 23.0 Å². The molecule has 4 heterocycles. The first-order valence-electron chi connectivity index (χ1n) is 30.9. The summed E-state index contributed by atoms with van der Waals surface area (Å²) in [6.07, 6.45) is 13.5. The highest BCUT2D eigenvalue weighted by Gasteiger charge is 2.45. The van der Waals surface area contributed by atoms with Gasteiger partial charge in [-0.15, -0.1) is 0 Å². The molecule has 0 saturated heterocycles. The summed E-state index contributed by atoms with van der Waals surface area (Å²) in [6, 6.07) is 11.2. The molecule has 0 unspecified atom stereocenters. The second-order valence-corrected chi connectivity index (χ2v) is 22.6. The second kappa shape index (κ2) is 34.8. The number of ether oxygens (including phenoxy) is 9. The highest BCUT2D eigenvalue weighted by molar-refractivity contribution is 6.07. The molecule has 0 fully saturated rings. The van der Waals surface area contributed by atoms with E-state index in [1.54, 1.807) is 60.6 Å². The Morgan fingerprint density at radius 2 is 1.26 bits per heavy atom. The number of nitrogens with one attached hydrogen (secondary N) is 1. The topological polar surface area (TPSA) is 257 Å². The molecule has 3 aromatic rings. The van der Waals surface area contributed by atoms with E-state index in [1.165, 1.54) is 31.3 Å². The number of carbonyl (C=O) groups is 7. The molecule has 5 atom stereocenters. The number of carbonyl (C=O) groups excluding carboxylic acids is 7. The van der Waals surface area contributed by atoms with Crippen molar-refractivity contribution in [2.75, 3.05) is 85.2 Å². The van der Waals surface area contributed by atoms with Crippen LogP contribution >= 0.6 is 0 Å². The molecule has 4 amide bonds. The van der Waals surface area contributed by atoms with E-state index >= 15 is 0 Å². The number of allylic oxidation sites excluding steroid dienone is 4. The molecule has 0 radical (unpaired) electrons. The standard InChI is InChI=1S/C68H87N5O17/c1-9-14-48-32-50-40-69-56-38-62(60(82-7)36-54(56)65(78)71(50)41-48)88-23-13-24-89-63-39-57-55(37-61(63)83-8)66(79)72-42-49(15-10-2)33-58(72)67(80)73(57)68(81)90-43-47-19-17-46(18-20-47)34-59(76)45(6)70-64(77)53(44(4)5)35-52(75)21-25-85-27-29-87-31-30-86-28-26-84-22-12-16-51(74)11-3/h9-10,14-15,17-20,36-42,44-45,50,53,58,67,80H,11-13,16,21-35,43H2,1-8H3,(H,70,77)/b14-9+,15-10+/t45-,50-,53-,58-,67-/m0/s1. The van der Waals surface area contributed by atoms with E-state index in [1.807, 2.05) is 65.1 Å². The van der Waals surface area contributed by atoms with E-state index in [2.05, 4.69) is 10.3 Å². The predicted molar refractivity (Wildman–Crippen MR) is 336 cm³/mol. The fraction of sp³-hybridized carbons (Fsp3) is 0.500. The smallest absolute Gasteiger partial charge is 0.416 e. The average molecular weight is 1250 g/mol. The fourth-order valence-electron chi connectivity index (χ4n) is 10.7. The Kier molecular flexibility index (Phi) is 26.9. The van der Waals surface area contributed by atoms with Crippen LogP contribution in [0.2, 0.25) is 0 Å². The maximum Gasteiger partial charge on any atom is 0.416 e. The minimum absolute atomic E-state index is 0.000619. The highest BCUT2D eigenvalue weighted by atomic mass is 16.6. The molecular weight excluding hydrogens is 1160 g/mol. The summed E-state index contributed by atoms with van der Waals surface area (Å²) in [4.78, 5) is 102. The summed E-state index contributed by atoms with van der Waals surface area (Å²) < 4.78 is 51.7. The number of benzene rings is 3. The van der Waals surface area contributed by atoms with E-state index in [-0.39, 0.29) is 110 Å². The van der Waals surface area contributed by atoms with Gasteiger partial charge in [0.1, 0.15) is 18.2 Å². The van der Waals surface area contributed by atoms with Crippen molar-refractivity contribution in [1.29, 1.82) is 0 Å². The monoisotopic (exact) mass is 1250 g/mol. The van der Waals surface area contributed by atoms with Gasteiger partial charge in [0.05, 0.1) is 114 Å². The number of rotatable bonds is 37. The molecular formula is C68H87N5O17. The van der Waals surface area contributed by atoms with E-state index in [0.29, 0.717) is 112 Å². The van der Waals surface area contributed by atoms with Crippen molar-refractivity contribution in [2.45, 2.75) is 130 Å². The molecule has 90 heavy (non-hydrogen) atoms. The quantitative estimate of drug-likeness (QED) is 0.0510. The lowest BCUT2D eigenvalue weighted by Crippen LogP contribution is -2.50. The van der Waals surface area contributed by atoms with Gasteiger partial charge in [-0.3, -0.25) is 33.8 Å². The number of Topliss-reactive ketones (excluding diaryl/α,β-unsaturated/α-hetero) is 3. The van der Waals surface area contributed by atoms with E-state index < -0.39 is 42.1 Å². The van der Waals surface area contributed by atoms with Crippen LogP contribution < -0.4 is 29.2 Å². The lowest BCUT2D eigenvalue weighted by atomic mass is 9.88. The number of amides is 4. The second-order valence-electron chi connectivity index (χ2n) is 22.6. The van der Waals surface area contributed by atoms with Gasteiger partial charge < -0.3 is 62.9 Å². The van der Waals surface area contributed by atoms with Gasteiger partial charge in [0.2, 0.25) is 5.91 Å². The van der Waals surface area contributed by atoms with Crippen LogP contribution in [0.3, 0.4) is 0 Å². The summed E-state index contributed by atoms with van der Waals surface area (Å²) in [5.74, 6) is -0.908. The van der Waals surface area contributed by atoms with Crippen LogP contribution in [-0.2, 0) is 55.9 Å². The molecule has 0 spiro atoms. The van der Waals surface area contributed by atoms with Crippen LogP contribution in [0, 0.1) is 11.8 Å². The third-order valence-electron chi connectivity index (χ3n) is 15.7. The van der Waals surface area contributed by atoms with Gasteiger partial charge in [0.25, 0.3) is 11.8 Å². The van der Waals surface area contributed by atoms with Gasteiger partial charge in [-0.05, 0) is 80.4 Å². The van der Waals surface area contributed by atoms with Crippen molar-refractivity contribution in [3.05, 3.63) is 119 Å². The van der Waals surface area contributed by atoms with Crippen LogP contribution in [0.15, 0.2) is 101 Å². The van der Waals surface area contributed by atoms with Crippen molar-refractivity contribution < 1.29 is 81.3 Å². The minimum atomic E-state index is -1.56. The number of aliphatic hydroxyl groups excluding tert-OH is 1. The van der Waals surface area contributed by atoms with E-state index in [4.69, 9.17) is 42.6 Å². The number of aliphatic hydroxyl groups is 1. The zero-order valence-corrected chi connectivity index (χ0v) is 53.0. The Hall–Kier alpha value is -8.02. The summed E-state index contributed by atoms with van der Waals surface area (Å²) in [7, 11) is 2.92. The predicted octanol–water partition coefficient (Wildman–Crippen LogP) is 9.16. The first-order chi connectivity index (χ1) is 43.5. The number of hydrogen-bond donors (Lipinski definition) is 2. The van der Waals surface area contributed by atoms with Crippen molar-refractivity contribution in [3.63, 3.8) is 0 Å². The molecule has 0 saturated carbocycles. The van der Waals surface area contributed by atoms with E-state index in [0.717, 1.165) is 16.0 Å². The van der Waals surface area contributed by atoms with Crippen molar-refractivity contribution in [2.24, 2.45) is 16.8 Å². The summed E-state index contributed by atoms with van der Waals surface area (Å²) in [6.45, 7) is 13.9.